The number of fused-ring (bicyclic) bond motifs is 2. The van der Waals surface area contributed by atoms with Crippen molar-refractivity contribution < 1.29 is 23.9 Å². The number of Topliss-reactive ketones (excluding diaryl/α,β-unsaturated/α-hetero) is 1. The van der Waals surface area contributed by atoms with Crippen molar-refractivity contribution in [3.8, 4) is 11.5 Å². The number of ketones is 1. The lowest BCUT2D eigenvalue weighted by Gasteiger charge is -2.32. The Bertz CT molecular complexity index is 1750. The Kier molecular flexibility index (Phi) is 7.60. The summed E-state index contributed by atoms with van der Waals surface area (Å²) in [6.07, 6.45) is 3.73. The van der Waals surface area contributed by atoms with Crippen molar-refractivity contribution in [1.29, 1.82) is 0 Å². The largest absolute Gasteiger partial charge is 0.497 e. The lowest BCUT2D eigenvalue weighted by atomic mass is 10.1. The van der Waals surface area contributed by atoms with E-state index in [0.29, 0.717) is 41.3 Å². The summed E-state index contributed by atoms with van der Waals surface area (Å²) in [5, 5.41) is 6.50. The monoisotopic (exact) mass is 579 g/mol. The fourth-order valence-electron chi connectivity index (χ4n) is 5.40. The maximum atomic E-state index is 13.3. The van der Waals surface area contributed by atoms with Gasteiger partial charge >= 0.3 is 6.03 Å². The minimum Gasteiger partial charge on any atom is -0.497 e. The number of hydrogen-bond donors (Lipinski definition) is 2. The molecule has 2 aliphatic rings. The highest BCUT2D eigenvalue weighted by molar-refractivity contribution is 6.16. The fourth-order valence-corrected chi connectivity index (χ4v) is 5.40. The first-order valence-electron chi connectivity index (χ1n) is 14.2. The summed E-state index contributed by atoms with van der Waals surface area (Å²) in [4.78, 5) is 42.8. The number of aromatic nitrogens is 1. The van der Waals surface area contributed by atoms with Gasteiger partial charge < -0.3 is 34.5 Å². The molecule has 10 heteroatoms. The van der Waals surface area contributed by atoms with Crippen LogP contribution >= 0.6 is 0 Å². The van der Waals surface area contributed by atoms with Gasteiger partial charge in [0.25, 0.3) is 5.91 Å². The lowest BCUT2D eigenvalue weighted by Crippen LogP contribution is -2.47. The van der Waals surface area contributed by atoms with Crippen LogP contribution in [-0.2, 0) is 6.54 Å². The molecule has 0 unspecified atom stereocenters. The molecule has 4 aromatic rings. The predicted molar refractivity (Wildman–Crippen MR) is 166 cm³/mol. The number of likely N-dealkylation sites (N-methyl/N-ethyl adjacent to an activating group) is 1. The zero-order chi connectivity index (χ0) is 30.1. The number of nitrogens with zero attached hydrogens (tertiary/aromatic N) is 3. The van der Waals surface area contributed by atoms with Crippen LogP contribution in [0.15, 0.2) is 72.6 Å². The minimum atomic E-state index is -0.471. The van der Waals surface area contributed by atoms with Crippen LogP contribution in [0.25, 0.3) is 17.0 Å². The van der Waals surface area contributed by atoms with Crippen molar-refractivity contribution in [3.05, 3.63) is 89.3 Å². The van der Waals surface area contributed by atoms with Crippen LogP contribution in [0.4, 0.5) is 16.2 Å². The van der Waals surface area contributed by atoms with E-state index in [-0.39, 0.29) is 17.4 Å². The number of allylic oxidation sites excluding steroid dienone is 1. The molecule has 2 N–H and O–H groups in total. The first-order valence-corrected chi connectivity index (χ1v) is 14.2. The number of aryl methyl sites for hydroxylation is 1. The molecule has 0 bridgehead atoms. The summed E-state index contributed by atoms with van der Waals surface area (Å²) < 4.78 is 13.4. The number of hydrogen-bond acceptors (Lipinski definition) is 6. The van der Waals surface area contributed by atoms with Gasteiger partial charge in [-0.2, -0.15) is 0 Å². The van der Waals surface area contributed by atoms with Crippen LogP contribution in [0.2, 0.25) is 0 Å². The van der Waals surface area contributed by atoms with E-state index in [4.69, 9.17) is 9.47 Å². The van der Waals surface area contributed by atoms with Crippen LogP contribution in [0.1, 0.15) is 33.2 Å². The molecule has 10 nitrogen and oxygen atoms in total. The molecular formula is C33H33N5O5. The number of carbonyl (C=O) groups is 3. The lowest BCUT2D eigenvalue weighted by molar-refractivity contribution is 0.0664. The summed E-state index contributed by atoms with van der Waals surface area (Å²) in [6.45, 7) is 5.93. The van der Waals surface area contributed by atoms with Crippen molar-refractivity contribution in [2.24, 2.45) is 0 Å². The number of methoxy groups -OCH3 is 1. The van der Waals surface area contributed by atoms with Gasteiger partial charge in [-0.25, -0.2) is 4.79 Å². The number of rotatable bonds is 6. The second-order valence-electron chi connectivity index (χ2n) is 10.7. The van der Waals surface area contributed by atoms with Gasteiger partial charge in [0.05, 0.1) is 12.7 Å². The van der Waals surface area contributed by atoms with Crippen LogP contribution < -0.4 is 20.1 Å². The van der Waals surface area contributed by atoms with E-state index in [2.05, 4.69) is 27.0 Å². The van der Waals surface area contributed by atoms with E-state index in [0.717, 1.165) is 41.9 Å². The molecule has 3 heterocycles. The number of nitrogens with one attached hydrogen (secondary N) is 2. The predicted octanol–water partition coefficient (Wildman–Crippen LogP) is 5.32. The SMILES string of the molecule is CCn1cc(C=C2Oc3ccc(NC(=O)Nc4ccc(C(=O)N5CCN(C)CC5)cc4)cc3C2=O)c2cc(OC)ccc21. The average molecular weight is 580 g/mol. The number of carbonyl (C=O) groups excluding carboxylic acids is 3. The Morgan fingerprint density at radius 2 is 1.67 bits per heavy atom. The van der Waals surface area contributed by atoms with Crippen molar-refractivity contribution in [3.63, 3.8) is 0 Å². The Balaban J connectivity index is 1.12. The van der Waals surface area contributed by atoms with Crippen molar-refractivity contribution in [1.82, 2.24) is 14.4 Å². The van der Waals surface area contributed by atoms with Gasteiger partial charge in [-0.15, -0.1) is 0 Å². The highest BCUT2D eigenvalue weighted by Gasteiger charge is 2.28. The Morgan fingerprint density at radius 3 is 2.40 bits per heavy atom. The van der Waals surface area contributed by atoms with Crippen molar-refractivity contribution >= 4 is 46.1 Å². The number of anilines is 2. The minimum absolute atomic E-state index is 0.0154. The second-order valence-corrected chi connectivity index (χ2v) is 10.7. The molecule has 1 fully saturated rings. The molecule has 0 aliphatic carbocycles. The topological polar surface area (TPSA) is 105 Å². The Hall–Kier alpha value is -5.09. The van der Waals surface area contributed by atoms with Crippen molar-refractivity contribution in [2.45, 2.75) is 13.5 Å². The smallest absolute Gasteiger partial charge is 0.323 e. The van der Waals surface area contributed by atoms with Gasteiger partial charge in [0.2, 0.25) is 5.78 Å². The number of ether oxygens (including phenoxy) is 2. The van der Waals surface area contributed by atoms with Gasteiger partial charge in [0.1, 0.15) is 11.5 Å². The average Bonchev–Trinajstić information content (AvgIpc) is 3.53. The highest BCUT2D eigenvalue weighted by atomic mass is 16.5. The maximum Gasteiger partial charge on any atom is 0.323 e. The van der Waals surface area contributed by atoms with E-state index in [1.165, 1.54) is 0 Å². The van der Waals surface area contributed by atoms with E-state index in [1.54, 1.807) is 55.7 Å². The molecule has 43 heavy (non-hydrogen) atoms. The number of piperazine rings is 1. The van der Waals surface area contributed by atoms with E-state index in [1.807, 2.05) is 36.3 Å². The number of benzene rings is 3. The first-order chi connectivity index (χ1) is 20.8. The summed E-state index contributed by atoms with van der Waals surface area (Å²) in [6, 6.07) is 17.2. The molecule has 0 spiro atoms. The molecular weight excluding hydrogens is 546 g/mol. The third-order valence-electron chi connectivity index (χ3n) is 7.85. The molecule has 0 saturated carbocycles. The number of urea groups is 1. The quantitative estimate of drug-likeness (QED) is 0.300. The zero-order valence-electron chi connectivity index (χ0n) is 24.3. The Morgan fingerprint density at radius 1 is 0.953 bits per heavy atom. The van der Waals surface area contributed by atoms with Gasteiger partial charge in [0, 0.05) is 72.3 Å². The number of amides is 3. The molecule has 6 rings (SSSR count). The summed E-state index contributed by atoms with van der Waals surface area (Å²) in [5.74, 6) is 1.09. The summed E-state index contributed by atoms with van der Waals surface area (Å²) in [5.41, 5.74) is 3.82. The fraction of sp³-hybridized carbons (Fsp3) is 0.242. The van der Waals surface area contributed by atoms with Crippen LogP contribution in [0.5, 0.6) is 11.5 Å². The van der Waals surface area contributed by atoms with E-state index >= 15 is 0 Å². The summed E-state index contributed by atoms with van der Waals surface area (Å²) in [7, 11) is 3.67. The van der Waals surface area contributed by atoms with Crippen LogP contribution in [-0.4, -0.2) is 72.4 Å². The molecule has 0 radical (unpaired) electrons. The second kappa shape index (κ2) is 11.7. The molecule has 0 atom stereocenters. The van der Waals surface area contributed by atoms with Gasteiger partial charge in [-0.05, 0) is 80.7 Å². The van der Waals surface area contributed by atoms with E-state index in [9.17, 15) is 14.4 Å². The Labute approximate surface area is 249 Å². The molecule has 220 valence electrons. The summed E-state index contributed by atoms with van der Waals surface area (Å²) >= 11 is 0. The van der Waals surface area contributed by atoms with Gasteiger partial charge in [-0.3, -0.25) is 9.59 Å². The molecule has 1 aromatic heterocycles. The van der Waals surface area contributed by atoms with E-state index < -0.39 is 6.03 Å². The highest BCUT2D eigenvalue weighted by Crippen LogP contribution is 2.35. The van der Waals surface area contributed by atoms with Crippen LogP contribution in [0.3, 0.4) is 0 Å². The molecule has 3 aromatic carbocycles. The van der Waals surface area contributed by atoms with Crippen LogP contribution in [0, 0.1) is 0 Å². The first kappa shape index (κ1) is 28.0. The molecule has 2 aliphatic heterocycles. The van der Waals surface area contributed by atoms with Gasteiger partial charge in [0.15, 0.2) is 5.76 Å². The maximum absolute atomic E-state index is 13.3. The third-order valence-corrected chi connectivity index (χ3v) is 7.85. The zero-order valence-corrected chi connectivity index (χ0v) is 24.3. The molecule has 1 saturated heterocycles. The van der Waals surface area contributed by atoms with Gasteiger partial charge in [-0.1, -0.05) is 0 Å². The normalized spacial score (nSPS) is 15.8. The standard InChI is InChI=1S/C33H33N5O5/c1-4-37-20-22(26-19-25(42-3)10-11-28(26)37)17-30-31(39)27-18-24(9-12-29(27)43-30)35-33(41)34-23-7-5-21(6-8-23)32(40)38-15-13-36(2)14-16-38/h5-12,17-20H,4,13-16H2,1-3H3,(H2,34,35,41). The third kappa shape index (κ3) is 5.69. The molecule has 3 amide bonds. The van der Waals surface area contributed by atoms with Crippen molar-refractivity contribution in [2.75, 3.05) is 51.0 Å².